The van der Waals surface area contributed by atoms with Crippen molar-refractivity contribution in [2.45, 2.75) is 18.8 Å². The Balaban J connectivity index is 2.26. The molecule has 0 bridgehead atoms. The average Bonchev–Trinajstić information content (AvgIpc) is 2.79. The maximum absolute atomic E-state index is 12.0. The zero-order chi connectivity index (χ0) is 17.1. The Bertz CT molecular complexity index is 1060. The minimum absolute atomic E-state index is 0.168. The fourth-order valence-electron chi connectivity index (χ4n) is 3.44. The summed E-state index contributed by atoms with van der Waals surface area (Å²) in [6.45, 7) is 1.55. The molecule has 4 rings (SSSR count). The number of carbonyl (C=O) groups is 2. The number of hydrogen-bond acceptors (Lipinski definition) is 3. The highest BCUT2D eigenvalue weighted by Gasteiger charge is 2.42. The molecule has 0 saturated heterocycles. The minimum Gasteiger partial charge on any atom is -0.481 e. The van der Waals surface area contributed by atoms with Crippen LogP contribution in [-0.2, 0) is 15.0 Å². The summed E-state index contributed by atoms with van der Waals surface area (Å²) in [4.78, 5) is 23.6. The lowest BCUT2D eigenvalue weighted by Crippen LogP contribution is -2.36. The molecule has 0 aliphatic carbocycles. The Kier molecular flexibility index (Phi) is 2.81. The molecule has 1 atom stereocenters. The van der Waals surface area contributed by atoms with E-state index in [2.05, 4.69) is 5.10 Å². The second kappa shape index (κ2) is 4.67. The molecule has 0 radical (unpaired) electrons. The minimum atomic E-state index is -1.36. The molecule has 6 heteroatoms. The van der Waals surface area contributed by atoms with Crippen LogP contribution < -0.4 is 0 Å². The van der Waals surface area contributed by atoms with Gasteiger partial charge in [-0.05, 0) is 18.6 Å². The number of para-hydroxylation sites is 2. The van der Waals surface area contributed by atoms with Gasteiger partial charge >= 0.3 is 11.9 Å². The highest BCUT2D eigenvalue weighted by atomic mass is 16.4. The lowest BCUT2D eigenvalue weighted by Gasteiger charge is -2.24. The number of fused-ring (bicyclic) bond motifs is 3. The molecule has 24 heavy (non-hydrogen) atoms. The van der Waals surface area contributed by atoms with Crippen LogP contribution in [0.2, 0.25) is 0 Å². The maximum atomic E-state index is 12.0. The third-order valence-electron chi connectivity index (χ3n) is 4.73. The van der Waals surface area contributed by atoms with E-state index in [1.165, 1.54) is 0 Å². The van der Waals surface area contributed by atoms with Crippen molar-refractivity contribution in [2.24, 2.45) is 5.10 Å². The zero-order valence-corrected chi connectivity index (χ0v) is 12.9. The van der Waals surface area contributed by atoms with Gasteiger partial charge in [-0.3, -0.25) is 4.79 Å². The van der Waals surface area contributed by atoms with Crippen LogP contribution in [0.15, 0.2) is 47.6 Å². The quantitative estimate of drug-likeness (QED) is 0.759. The van der Waals surface area contributed by atoms with Gasteiger partial charge in [0.15, 0.2) is 0 Å². The van der Waals surface area contributed by atoms with E-state index in [1.54, 1.807) is 23.7 Å². The molecule has 1 unspecified atom stereocenters. The second-order valence-electron chi connectivity index (χ2n) is 6.20. The summed E-state index contributed by atoms with van der Waals surface area (Å²) >= 11 is 0. The van der Waals surface area contributed by atoms with Crippen LogP contribution in [0.5, 0.6) is 0 Å². The second-order valence-corrected chi connectivity index (χ2v) is 6.20. The topological polar surface area (TPSA) is 91.9 Å². The Labute approximate surface area is 136 Å². The monoisotopic (exact) mass is 322 g/mol. The van der Waals surface area contributed by atoms with Crippen molar-refractivity contribution in [1.82, 2.24) is 4.68 Å². The van der Waals surface area contributed by atoms with Crippen LogP contribution in [0, 0.1) is 0 Å². The van der Waals surface area contributed by atoms with E-state index in [-0.39, 0.29) is 12.1 Å². The first-order valence-corrected chi connectivity index (χ1v) is 7.50. The number of carboxylic acid groups (broad SMARTS) is 2. The van der Waals surface area contributed by atoms with Gasteiger partial charge in [-0.2, -0.15) is 5.10 Å². The molecule has 0 spiro atoms. The van der Waals surface area contributed by atoms with Gasteiger partial charge in [0.2, 0.25) is 0 Å². The standard InChI is InChI=1S/C18H14N2O4/c1-18(17(23)24)9-13(16(21)22)19-20-14-8-3-2-5-10(14)11-6-4-7-12(18)15(11)20/h2-8H,9H2,1H3,(H,21,22)(H,23,24). The smallest absolute Gasteiger partial charge is 0.352 e. The first-order valence-electron chi connectivity index (χ1n) is 7.50. The molecule has 0 amide bonds. The number of nitrogens with zero attached hydrogens (tertiary/aromatic N) is 2. The summed E-state index contributed by atoms with van der Waals surface area (Å²) in [6, 6.07) is 13.0. The van der Waals surface area contributed by atoms with E-state index >= 15 is 0 Å². The summed E-state index contributed by atoms with van der Waals surface area (Å²) in [5.41, 5.74) is 0.454. The highest BCUT2D eigenvalue weighted by molar-refractivity contribution is 6.36. The molecule has 120 valence electrons. The van der Waals surface area contributed by atoms with E-state index in [0.29, 0.717) is 11.1 Å². The van der Waals surface area contributed by atoms with Gasteiger partial charge < -0.3 is 10.2 Å². The molecule has 2 aromatic carbocycles. The first-order chi connectivity index (χ1) is 11.4. The normalized spacial score (nSPS) is 20.0. The largest absolute Gasteiger partial charge is 0.481 e. The number of aliphatic carboxylic acids is 2. The fraction of sp³-hybridized carbons (Fsp3) is 0.167. The van der Waals surface area contributed by atoms with Gasteiger partial charge in [-0.15, -0.1) is 0 Å². The number of carboxylic acids is 2. The summed E-state index contributed by atoms with van der Waals surface area (Å²) in [6.07, 6.45) is -0.174. The van der Waals surface area contributed by atoms with E-state index < -0.39 is 17.4 Å². The molecule has 6 nitrogen and oxygen atoms in total. The third-order valence-corrected chi connectivity index (χ3v) is 4.73. The van der Waals surface area contributed by atoms with Crippen molar-refractivity contribution in [1.29, 1.82) is 0 Å². The van der Waals surface area contributed by atoms with E-state index in [4.69, 9.17) is 0 Å². The van der Waals surface area contributed by atoms with Gasteiger partial charge in [0.25, 0.3) is 0 Å². The van der Waals surface area contributed by atoms with Gasteiger partial charge in [0, 0.05) is 17.2 Å². The molecule has 1 aliphatic rings. The van der Waals surface area contributed by atoms with Crippen molar-refractivity contribution in [2.75, 3.05) is 0 Å². The summed E-state index contributed by atoms with van der Waals surface area (Å²) in [5, 5.41) is 25.4. The SMILES string of the molecule is CC1(C(=O)O)CC(C(=O)O)=Nn2c3ccccc3c3cccc1c32. The van der Waals surface area contributed by atoms with Crippen molar-refractivity contribution >= 4 is 39.5 Å². The van der Waals surface area contributed by atoms with Crippen molar-refractivity contribution in [3.63, 3.8) is 0 Å². The molecule has 2 N–H and O–H groups in total. The predicted molar refractivity (Wildman–Crippen MR) is 89.5 cm³/mol. The third kappa shape index (κ3) is 1.73. The van der Waals surface area contributed by atoms with Crippen LogP contribution in [0.1, 0.15) is 18.9 Å². The number of benzene rings is 2. The zero-order valence-electron chi connectivity index (χ0n) is 12.9. The molecule has 3 aromatic rings. The van der Waals surface area contributed by atoms with Crippen LogP contribution in [0.25, 0.3) is 21.8 Å². The molecular formula is C18H14N2O4. The Hall–Kier alpha value is -3.15. The summed E-state index contributed by atoms with van der Waals surface area (Å²) in [7, 11) is 0. The Morgan fingerprint density at radius 1 is 1.08 bits per heavy atom. The van der Waals surface area contributed by atoms with Crippen molar-refractivity contribution in [3.8, 4) is 0 Å². The molecule has 0 saturated carbocycles. The van der Waals surface area contributed by atoms with E-state index in [9.17, 15) is 19.8 Å². The number of aromatic nitrogens is 1. The Morgan fingerprint density at radius 3 is 2.50 bits per heavy atom. The van der Waals surface area contributed by atoms with Crippen LogP contribution >= 0.6 is 0 Å². The fourth-order valence-corrected chi connectivity index (χ4v) is 3.44. The number of hydrogen-bond donors (Lipinski definition) is 2. The van der Waals surface area contributed by atoms with E-state index in [0.717, 1.165) is 16.3 Å². The van der Waals surface area contributed by atoms with Crippen molar-refractivity contribution in [3.05, 3.63) is 48.0 Å². The van der Waals surface area contributed by atoms with Gasteiger partial charge in [-0.25, -0.2) is 9.47 Å². The molecule has 1 aliphatic heterocycles. The summed E-state index contributed by atoms with van der Waals surface area (Å²) in [5.74, 6) is -2.27. The van der Waals surface area contributed by atoms with E-state index in [1.807, 2.05) is 30.3 Å². The van der Waals surface area contributed by atoms with Crippen LogP contribution in [-0.4, -0.2) is 32.5 Å². The van der Waals surface area contributed by atoms with Gasteiger partial charge in [0.05, 0.1) is 16.4 Å². The molecular weight excluding hydrogens is 308 g/mol. The van der Waals surface area contributed by atoms with Gasteiger partial charge in [0.1, 0.15) is 5.71 Å². The first kappa shape index (κ1) is 14.4. The molecule has 2 heterocycles. The van der Waals surface area contributed by atoms with Crippen LogP contribution in [0.4, 0.5) is 0 Å². The predicted octanol–water partition coefficient (Wildman–Crippen LogP) is 2.83. The molecule has 1 aromatic heterocycles. The lowest BCUT2D eigenvalue weighted by molar-refractivity contribution is -0.142. The highest BCUT2D eigenvalue weighted by Crippen LogP contribution is 2.40. The number of rotatable bonds is 2. The average molecular weight is 322 g/mol. The maximum Gasteiger partial charge on any atom is 0.352 e. The molecule has 0 fully saturated rings. The van der Waals surface area contributed by atoms with Crippen LogP contribution in [0.3, 0.4) is 0 Å². The van der Waals surface area contributed by atoms with Gasteiger partial charge in [-0.1, -0.05) is 36.4 Å². The van der Waals surface area contributed by atoms with Crippen molar-refractivity contribution < 1.29 is 19.8 Å². The summed E-state index contributed by atoms with van der Waals surface area (Å²) < 4.78 is 1.57. The lowest BCUT2D eigenvalue weighted by atomic mass is 9.77. The Morgan fingerprint density at radius 2 is 1.79 bits per heavy atom.